The summed E-state index contributed by atoms with van der Waals surface area (Å²) in [6, 6.07) is 0.178. The first-order chi connectivity index (χ1) is 9.14. The maximum absolute atomic E-state index is 12.6. The molecule has 1 unspecified atom stereocenters. The lowest BCUT2D eigenvalue weighted by molar-refractivity contribution is 0.155. The Morgan fingerprint density at radius 3 is 2.60 bits per heavy atom. The Kier molecular flexibility index (Phi) is 3.96. The molecule has 6 nitrogen and oxygen atoms in total. The van der Waals surface area contributed by atoms with Crippen LogP contribution < -0.4 is 5.73 Å². The van der Waals surface area contributed by atoms with Crippen molar-refractivity contribution in [3.8, 4) is 0 Å². The fourth-order valence-corrected chi connectivity index (χ4v) is 3.98. The first-order valence-electron chi connectivity index (χ1n) is 6.94. The maximum Gasteiger partial charge on any atom is 0.246 e. The Morgan fingerprint density at radius 1 is 1.45 bits per heavy atom. The number of aromatic nitrogens is 2. The molecule has 114 valence electrons. The third kappa shape index (κ3) is 2.75. The third-order valence-electron chi connectivity index (χ3n) is 4.02. The van der Waals surface area contributed by atoms with Crippen LogP contribution in [0.2, 0.25) is 0 Å². The smallest absolute Gasteiger partial charge is 0.246 e. The Bertz CT molecular complexity index is 577. The lowest BCUT2D eigenvalue weighted by Crippen LogP contribution is -2.53. The molecule has 2 N–H and O–H groups in total. The van der Waals surface area contributed by atoms with Gasteiger partial charge < -0.3 is 5.73 Å². The van der Waals surface area contributed by atoms with Crippen molar-refractivity contribution in [2.45, 2.75) is 51.1 Å². The van der Waals surface area contributed by atoms with Gasteiger partial charge in [-0.2, -0.15) is 9.40 Å². The van der Waals surface area contributed by atoms with E-state index in [-0.39, 0.29) is 22.4 Å². The van der Waals surface area contributed by atoms with E-state index in [1.54, 1.807) is 10.9 Å². The second kappa shape index (κ2) is 5.13. The van der Waals surface area contributed by atoms with Crippen molar-refractivity contribution in [1.29, 1.82) is 0 Å². The second-order valence-corrected chi connectivity index (χ2v) is 8.41. The van der Waals surface area contributed by atoms with Crippen molar-refractivity contribution in [2.24, 2.45) is 11.1 Å². The fraction of sp³-hybridized carbons (Fsp3) is 0.769. The SMILES string of the molecule is CC(C)n1cc(S(=O)(=O)N2CCC(N)C(C)(C)C2)cn1. The lowest BCUT2D eigenvalue weighted by atomic mass is 9.81. The summed E-state index contributed by atoms with van der Waals surface area (Å²) in [5, 5.41) is 4.11. The number of sulfonamides is 1. The minimum atomic E-state index is -3.47. The van der Waals surface area contributed by atoms with Crippen LogP contribution in [0, 0.1) is 5.41 Å². The number of nitrogens with zero attached hydrogens (tertiary/aromatic N) is 3. The molecule has 0 aromatic carbocycles. The van der Waals surface area contributed by atoms with Gasteiger partial charge in [-0.15, -0.1) is 0 Å². The molecule has 1 aliphatic heterocycles. The van der Waals surface area contributed by atoms with Gasteiger partial charge in [0.1, 0.15) is 4.90 Å². The zero-order chi connectivity index (χ0) is 15.1. The zero-order valence-electron chi connectivity index (χ0n) is 12.6. The van der Waals surface area contributed by atoms with E-state index in [9.17, 15) is 8.42 Å². The minimum absolute atomic E-state index is 0.0346. The highest BCUT2D eigenvalue weighted by atomic mass is 32.2. The summed E-state index contributed by atoms with van der Waals surface area (Å²) in [6.45, 7) is 8.87. The average Bonchev–Trinajstić information content (AvgIpc) is 2.82. The van der Waals surface area contributed by atoms with Crippen LogP contribution in [0.15, 0.2) is 17.3 Å². The minimum Gasteiger partial charge on any atom is -0.327 e. The third-order valence-corrected chi connectivity index (χ3v) is 5.82. The first kappa shape index (κ1) is 15.5. The molecular formula is C13H24N4O2S. The highest BCUT2D eigenvalue weighted by Crippen LogP contribution is 2.31. The lowest BCUT2D eigenvalue weighted by Gasteiger charge is -2.41. The molecule has 0 bridgehead atoms. The molecule has 1 aliphatic rings. The molecule has 1 fully saturated rings. The van der Waals surface area contributed by atoms with E-state index < -0.39 is 10.0 Å². The molecule has 0 aliphatic carbocycles. The summed E-state index contributed by atoms with van der Waals surface area (Å²) in [7, 11) is -3.47. The van der Waals surface area contributed by atoms with Crippen LogP contribution in [0.25, 0.3) is 0 Å². The predicted molar refractivity (Wildman–Crippen MR) is 77.7 cm³/mol. The number of piperidine rings is 1. The van der Waals surface area contributed by atoms with E-state index in [2.05, 4.69) is 5.10 Å². The molecule has 1 aromatic rings. The molecule has 0 radical (unpaired) electrons. The van der Waals surface area contributed by atoms with Gasteiger partial charge in [-0.1, -0.05) is 13.8 Å². The molecular weight excluding hydrogens is 276 g/mol. The predicted octanol–water partition coefficient (Wildman–Crippen LogP) is 1.21. The molecule has 0 amide bonds. The van der Waals surface area contributed by atoms with Gasteiger partial charge in [-0.25, -0.2) is 8.42 Å². The number of nitrogens with two attached hydrogens (primary N) is 1. The van der Waals surface area contributed by atoms with Gasteiger partial charge in [0.2, 0.25) is 10.0 Å². The number of rotatable bonds is 3. The molecule has 1 atom stereocenters. The van der Waals surface area contributed by atoms with E-state index in [1.165, 1.54) is 10.5 Å². The van der Waals surface area contributed by atoms with Crippen molar-refractivity contribution >= 4 is 10.0 Å². The molecule has 7 heteroatoms. The van der Waals surface area contributed by atoms with Crippen molar-refractivity contribution in [1.82, 2.24) is 14.1 Å². The van der Waals surface area contributed by atoms with Crippen molar-refractivity contribution in [3.63, 3.8) is 0 Å². The van der Waals surface area contributed by atoms with Gasteiger partial charge in [0, 0.05) is 31.4 Å². The van der Waals surface area contributed by atoms with Crippen LogP contribution in [0.3, 0.4) is 0 Å². The van der Waals surface area contributed by atoms with Gasteiger partial charge in [-0.05, 0) is 25.7 Å². The van der Waals surface area contributed by atoms with Gasteiger partial charge >= 0.3 is 0 Å². The molecule has 2 heterocycles. The summed E-state index contributed by atoms with van der Waals surface area (Å²) in [4.78, 5) is 0.262. The van der Waals surface area contributed by atoms with Gasteiger partial charge in [-0.3, -0.25) is 4.68 Å². The van der Waals surface area contributed by atoms with E-state index in [4.69, 9.17) is 5.73 Å². The van der Waals surface area contributed by atoms with Crippen LogP contribution in [0.4, 0.5) is 0 Å². The quantitative estimate of drug-likeness (QED) is 0.910. The topological polar surface area (TPSA) is 81.2 Å². The van der Waals surface area contributed by atoms with Crippen molar-refractivity contribution < 1.29 is 8.42 Å². The van der Waals surface area contributed by atoms with Crippen molar-refractivity contribution in [2.75, 3.05) is 13.1 Å². The molecule has 0 spiro atoms. The normalized spacial score (nSPS) is 24.2. The molecule has 1 aromatic heterocycles. The van der Waals surface area contributed by atoms with Crippen LogP contribution in [-0.4, -0.2) is 41.6 Å². The van der Waals surface area contributed by atoms with Gasteiger partial charge in [0.15, 0.2) is 0 Å². The maximum atomic E-state index is 12.6. The summed E-state index contributed by atoms with van der Waals surface area (Å²) in [5.41, 5.74) is 5.85. The van der Waals surface area contributed by atoms with E-state index in [0.29, 0.717) is 19.5 Å². The van der Waals surface area contributed by atoms with E-state index in [1.807, 2.05) is 27.7 Å². The average molecular weight is 300 g/mol. The molecule has 0 saturated carbocycles. The summed E-state index contributed by atoms with van der Waals surface area (Å²) < 4.78 is 28.5. The molecule has 2 rings (SSSR count). The van der Waals surface area contributed by atoms with Crippen LogP contribution in [-0.2, 0) is 10.0 Å². The van der Waals surface area contributed by atoms with Crippen LogP contribution >= 0.6 is 0 Å². The highest BCUT2D eigenvalue weighted by Gasteiger charge is 2.39. The summed E-state index contributed by atoms with van der Waals surface area (Å²) >= 11 is 0. The summed E-state index contributed by atoms with van der Waals surface area (Å²) in [6.07, 6.45) is 3.71. The monoisotopic (exact) mass is 300 g/mol. The van der Waals surface area contributed by atoms with Gasteiger partial charge in [0.05, 0.1) is 6.20 Å². The standard InChI is InChI=1S/C13H24N4O2S/c1-10(2)17-8-11(7-15-17)20(18,19)16-6-5-12(14)13(3,4)9-16/h7-8,10,12H,5-6,9,14H2,1-4H3. The summed E-state index contributed by atoms with van der Waals surface area (Å²) in [5.74, 6) is 0. The van der Waals surface area contributed by atoms with Crippen molar-refractivity contribution in [3.05, 3.63) is 12.4 Å². The molecule has 1 saturated heterocycles. The van der Waals surface area contributed by atoms with Crippen LogP contribution in [0.1, 0.15) is 40.2 Å². The fourth-order valence-electron chi connectivity index (χ4n) is 2.42. The Balaban J connectivity index is 2.26. The highest BCUT2D eigenvalue weighted by molar-refractivity contribution is 7.89. The Hall–Kier alpha value is -0.920. The zero-order valence-corrected chi connectivity index (χ0v) is 13.4. The van der Waals surface area contributed by atoms with Crippen LogP contribution in [0.5, 0.6) is 0 Å². The van der Waals surface area contributed by atoms with Gasteiger partial charge in [0.25, 0.3) is 0 Å². The molecule has 20 heavy (non-hydrogen) atoms. The number of hydrogen-bond acceptors (Lipinski definition) is 4. The Labute approximate surface area is 121 Å². The first-order valence-corrected chi connectivity index (χ1v) is 8.38. The second-order valence-electron chi connectivity index (χ2n) is 6.47. The number of hydrogen-bond donors (Lipinski definition) is 1. The Morgan fingerprint density at radius 2 is 2.10 bits per heavy atom. The van der Waals surface area contributed by atoms with E-state index in [0.717, 1.165) is 0 Å². The largest absolute Gasteiger partial charge is 0.327 e. The van der Waals surface area contributed by atoms with E-state index >= 15 is 0 Å².